The van der Waals surface area contributed by atoms with E-state index in [1.165, 1.54) is 10.4 Å². The summed E-state index contributed by atoms with van der Waals surface area (Å²) < 4.78 is 0. The maximum absolute atomic E-state index is 5.07. The van der Waals surface area contributed by atoms with Gasteiger partial charge in [0.05, 0.1) is 0 Å². The number of benzene rings is 4. The van der Waals surface area contributed by atoms with Gasteiger partial charge in [0, 0.05) is 50.8 Å². The first-order valence-electron chi connectivity index (χ1n) is 14.3. The van der Waals surface area contributed by atoms with E-state index in [4.69, 9.17) is 24.9 Å². The molecule has 0 unspecified atom stereocenters. The highest BCUT2D eigenvalue weighted by molar-refractivity contribution is 7.21. The molecule has 0 amide bonds. The van der Waals surface area contributed by atoms with Crippen LogP contribution in [0.15, 0.2) is 152 Å². The van der Waals surface area contributed by atoms with Gasteiger partial charge >= 0.3 is 0 Å². The summed E-state index contributed by atoms with van der Waals surface area (Å²) in [6, 6.07) is 48.0. The standard InChI is InChI=1S/C37H25N5Si/c1-4-13-26(14-5-1)33-40-34(27-15-6-2-7-16-27)42-35(41-33)28-17-10-20-30(25-28)43(29-18-8-3-9-19-29)36-31(21-11-23-38-36)32-22-12-24-39-37(32)43/h1-25H. The zero-order valence-corrected chi connectivity index (χ0v) is 24.2. The molecule has 5 nitrogen and oxygen atoms in total. The van der Waals surface area contributed by atoms with Gasteiger partial charge in [-0.25, -0.2) is 15.0 Å². The monoisotopic (exact) mass is 567 g/mol. The molecule has 0 atom stereocenters. The van der Waals surface area contributed by atoms with Crippen LogP contribution < -0.4 is 21.0 Å². The van der Waals surface area contributed by atoms with Gasteiger partial charge in [-0.3, -0.25) is 9.97 Å². The average molecular weight is 568 g/mol. The summed E-state index contributed by atoms with van der Waals surface area (Å²) in [6.07, 6.45) is 3.81. The highest BCUT2D eigenvalue weighted by atomic mass is 28.3. The molecule has 43 heavy (non-hydrogen) atoms. The van der Waals surface area contributed by atoms with Crippen molar-refractivity contribution in [3.63, 3.8) is 0 Å². The Morgan fingerprint density at radius 1 is 0.372 bits per heavy atom. The van der Waals surface area contributed by atoms with E-state index in [0.717, 1.165) is 38.5 Å². The number of hydrogen-bond acceptors (Lipinski definition) is 5. The summed E-state index contributed by atoms with van der Waals surface area (Å²) >= 11 is 0. The van der Waals surface area contributed by atoms with Crippen LogP contribution in [0.2, 0.25) is 0 Å². The van der Waals surface area contributed by atoms with Crippen molar-refractivity contribution < 1.29 is 0 Å². The van der Waals surface area contributed by atoms with Gasteiger partial charge < -0.3 is 0 Å². The Balaban J connectivity index is 1.38. The maximum atomic E-state index is 5.07. The zero-order chi connectivity index (χ0) is 28.6. The fourth-order valence-corrected chi connectivity index (χ4v) is 11.0. The lowest BCUT2D eigenvalue weighted by Gasteiger charge is -2.29. The molecule has 0 N–H and O–H groups in total. The second-order valence-corrected chi connectivity index (χ2v) is 14.1. The Labute approximate surface area is 250 Å². The highest BCUT2D eigenvalue weighted by Gasteiger charge is 2.51. The van der Waals surface area contributed by atoms with Gasteiger partial charge in [-0.15, -0.1) is 0 Å². The Kier molecular flexibility index (Phi) is 6.05. The van der Waals surface area contributed by atoms with Gasteiger partial charge in [0.15, 0.2) is 17.5 Å². The first-order valence-corrected chi connectivity index (χ1v) is 16.3. The second-order valence-electron chi connectivity index (χ2n) is 10.5. The van der Waals surface area contributed by atoms with Crippen LogP contribution in [0.4, 0.5) is 0 Å². The molecule has 7 aromatic rings. The molecule has 3 aromatic heterocycles. The van der Waals surface area contributed by atoms with E-state index >= 15 is 0 Å². The summed E-state index contributed by atoms with van der Waals surface area (Å²) in [4.78, 5) is 25.1. The Bertz CT molecular complexity index is 1980. The van der Waals surface area contributed by atoms with Crippen molar-refractivity contribution in [2.45, 2.75) is 0 Å². The summed E-state index contributed by atoms with van der Waals surface area (Å²) in [5.41, 5.74) is 5.14. The first-order chi connectivity index (χ1) is 21.3. The minimum atomic E-state index is -2.84. The van der Waals surface area contributed by atoms with Crippen molar-refractivity contribution in [3.8, 4) is 45.3 Å². The van der Waals surface area contributed by atoms with Crippen LogP contribution in [0, 0.1) is 0 Å². The van der Waals surface area contributed by atoms with E-state index in [1.807, 2.05) is 85.2 Å². The normalized spacial score (nSPS) is 12.8. The topological polar surface area (TPSA) is 64.5 Å². The molecule has 0 bridgehead atoms. The summed E-state index contributed by atoms with van der Waals surface area (Å²) in [7, 11) is -2.84. The molecule has 1 aliphatic heterocycles. The van der Waals surface area contributed by atoms with Crippen LogP contribution in [0.5, 0.6) is 0 Å². The van der Waals surface area contributed by atoms with Crippen LogP contribution in [-0.4, -0.2) is 33.0 Å². The fourth-order valence-electron chi connectivity index (χ4n) is 6.19. The largest absolute Gasteiger partial charge is 0.264 e. The third-order valence-corrected chi connectivity index (χ3v) is 12.7. The molecule has 6 heteroatoms. The zero-order valence-electron chi connectivity index (χ0n) is 23.2. The quantitative estimate of drug-likeness (QED) is 0.273. The molecular weight excluding hydrogens is 543 g/mol. The van der Waals surface area contributed by atoms with Gasteiger partial charge in [0.25, 0.3) is 0 Å². The van der Waals surface area contributed by atoms with Crippen molar-refractivity contribution in [1.82, 2.24) is 24.9 Å². The molecule has 0 saturated heterocycles. The van der Waals surface area contributed by atoms with E-state index in [-0.39, 0.29) is 0 Å². The number of rotatable bonds is 5. The van der Waals surface area contributed by atoms with Crippen molar-refractivity contribution in [2.24, 2.45) is 0 Å². The average Bonchev–Trinajstić information content (AvgIpc) is 3.40. The van der Waals surface area contributed by atoms with E-state index in [1.54, 1.807) is 0 Å². The highest BCUT2D eigenvalue weighted by Crippen LogP contribution is 2.28. The first kappa shape index (κ1) is 25.1. The number of hydrogen-bond donors (Lipinski definition) is 0. The second kappa shape index (κ2) is 10.3. The number of nitrogens with zero attached hydrogens (tertiary/aromatic N) is 5. The van der Waals surface area contributed by atoms with E-state index in [0.29, 0.717) is 17.5 Å². The van der Waals surface area contributed by atoms with Gasteiger partial charge in [0.1, 0.15) is 0 Å². The van der Waals surface area contributed by atoms with Crippen LogP contribution in [0.25, 0.3) is 45.3 Å². The van der Waals surface area contributed by atoms with Gasteiger partial charge in [-0.05, 0) is 22.5 Å². The lowest BCUT2D eigenvalue weighted by atomic mass is 10.1. The van der Waals surface area contributed by atoms with Crippen molar-refractivity contribution in [2.75, 3.05) is 0 Å². The fraction of sp³-hybridized carbons (Fsp3) is 0. The summed E-state index contributed by atoms with van der Waals surface area (Å²) in [5.74, 6) is 1.92. The molecular formula is C37H25N5Si. The molecule has 4 heterocycles. The lowest BCUT2D eigenvalue weighted by Crippen LogP contribution is -2.74. The molecule has 0 fully saturated rings. The van der Waals surface area contributed by atoms with Gasteiger partial charge in [0.2, 0.25) is 8.07 Å². The van der Waals surface area contributed by atoms with Crippen molar-refractivity contribution >= 4 is 29.1 Å². The SMILES string of the molecule is c1ccc(-c2nc(-c3ccccc3)nc(-c3cccc([Si]4(c5ccccc5)c5ncccc5-c5cccnc54)c3)n2)cc1. The number of aromatic nitrogens is 5. The summed E-state index contributed by atoms with van der Waals surface area (Å²) in [5, 5.41) is 4.65. The van der Waals surface area contributed by atoms with Crippen LogP contribution in [-0.2, 0) is 0 Å². The lowest BCUT2D eigenvalue weighted by molar-refractivity contribution is 1.07. The van der Waals surface area contributed by atoms with E-state index in [9.17, 15) is 0 Å². The van der Waals surface area contributed by atoms with E-state index < -0.39 is 8.07 Å². The van der Waals surface area contributed by atoms with Crippen LogP contribution >= 0.6 is 0 Å². The third-order valence-electron chi connectivity index (χ3n) is 8.08. The number of pyridine rings is 2. The molecule has 0 spiro atoms. The molecule has 1 aliphatic rings. The minimum absolute atomic E-state index is 0.632. The minimum Gasteiger partial charge on any atom is -0.264 e. The van der Waals surface area contributed by atoms with Gasteiger partial charge in [-0.2, -0.15) is 0 Å². The van der Waals surface area contributed by atoms with Crippen molar-refractivity contribution in [3.05, 3.63) is 152 Å². The smallest absolute Gasteiger partial charge is 0.224 e. The van der Waals surface area contributed by atoms with Gasteiger partial charge in [-0.1, -0.05) is 127 Å². The van der Waals surface area contributed by atoms with Crippen molar-refractivity contribution in [1.29, 1.82) is 0 Å². The van der Waals surface area contributed by atoms with Crippen LogP contribution in [0.1, 0.15) is 0 Å². The molecule has 0 radical (unpaired) electrons. The predicted molar refractivity (Wildman–Crippen MR) is 174 cm³/mol. The third kappa shape index (κ3) is 4.11. The molecule has 202 valence electrons. The Morgan fingerprint density at radius 3 is 1.35 bits per heavy atom. The maximum Gasteiger partial charge on any atom is 0.224 e. The molecule has 0 aliphatic carbocycles. The Hall–Kier alpha value is -5.59. The van der Waals surface area contributed by atoms with Crippen LogP contribution in [0.3, 0.4) is 0 Å². The summed E-state index contributed by atoms with van der Waals surface area (Å²) in [6.45, 7) is 0. The van der Waals surface area contributed by atoms with E-state index in [2.05, 4.69) is 66.7 Å². The molecule has 4 aromatic carbocycles. The Morgan fingerprint density at radius 2 is 0.814 bits per heavy atom. The molecule has 0 saturated carbocycles. The number of fused-ring (bicyclic) bond motifs is 3. The predicted octanol–water partition coefficient (Wildman–Crippen LogP) is 5.02. The molecule has 8 rings (SSSR count).